The lowest BCUT2D eigenvalue weighted by Gasteiger charge is -2.34. The number of hydrogen-bond acceptors (Lipinski definition) is 12. The van der Waals surface area contributed by atoms with Crippen LogP contribution in [0.25, 0.3) is 5.57 Å². The van der Waals surface area contributed by atoms with Gasteiger partial charge in [-0.05, 0) is 130 Å². The summed E-state index contributed by atoms with van der Waals surface area (Å²) in [5.41, 5.74) is 5.21. The Labute approximate surface area is 396 Å². The van der Waals surface area contributed by atoms with E-state index in [1.54, 1.807) is 0 Å². The minimum absolute atomic E-state index is 0.104. The van der Waals surface area contributed by atoms with Crippen molar-refractivity contribution in [3.8, 4) is 0 Å². The van der Waals surface area contributed by atoms with E-state index in [1.807, 2.05) is 52.0 Å². The van der Waals surface area contributed by atoms with Gasteiger partial charge in [0.1, 0.15) is 5.76 Å². The van der Waals surface area contributed by atoms with Crippen LogP contribution in [-0.4, -0.2) is 97.1 Å². The quantitative estimate of drug-likeness (QED) is 0.0575. The van der Waals surface area contributed by atoms with Crippen LogP contribution in [0.15, 0.2) is 57.5 Å². The van der Waals surface area contributed by atoms with Crippen LogP contribution < -0.4 is 10.2 Å². The van der Waals surface area contributed by atoms with E-state index in [9.17, 15) is 19.5 Å². The number of nitrogens with one attached hydrogen (secondary N) is 1. The SMILES string of the molecule is CCOP(OCC)OCCCCC(=O)N=C1C=C2C(=C/C1=C1/C(=O)C(c3cc4c(cc3NC(=O)CCCCOP(OCC)OCC)N(C(C)C)C(C)C4(C)C)=C1O)C(C)(C)C(C)N2C(C)C. The Morgan fingerprint density at radius 3 is 1.79 bits per heavy atom. The van der Waals surface area contributed by atoms with Crippen LogP contribution in [0.3, 0.4) is 0 Å². The van der Waals surface area contributed by atoms with Crippen molar-refractivity contribution < 1.29 is 46.6 Å². The molecule has 14 nitrogen and oxygen atoms in total. The number of aliphatic imine (C=N–C) groups is 1. The van der Waals surface area contributed by atoms with Crippen LogP contribution in [-0.2, 0) is 46.9 Å². The summed E-state index contributed by atoms with van der Waals surface area (Å²) in [6.07, 6.45) is 6.57. The number of carbonyl (C=O) groups is 3. The number of aliphatic hydroxyl groups excluding tert-OH is 1. The number of unbranched alkanes of at least 4 members (excludes halogenated alkanes) is 2. The number of anilines is 2. The second-order valence-electron chi connectivity index (χ2n) is 18.8. The Morgan fingerprint density at radius 2 is 1.27 bits per heavy atom. The zero-order valence-electron chi connectivity index (χ0n) is 42.0. The number of nitrogens with zero attached hydrogens (tertiary/aromatic N) is 3. The van der Waals surface area contributed by atoms with Crippen molar-refractivity contribution in [2.75, 3.05) is 49.9 Å². The first-order valence-corrected chi connectivity index (χ1v) is 26.2. The predicted octanol–water partition coefficient (Wildman–Crippen LogP) is 11.6. The molecule has 2 unspecified atom stereocenters. The van der Waals surface area contributed by atoms with Crippen molar-refractivity contribution in [2.24, 2.45) is 10.4 Å². The van der Waals surface area contributed by atoms with Gasteiger partial charge in [0.2, 0.25) is 17.6 Å². The van der Waals surface area contributed by atoms with Crippen molar-refractivity contribution in [1.82, 2.24) is 4.90 Å². The van der Waals surface area contributed by atoms with E-state index in [2.05, 4.69) is 89.3 Å². The molecular weight excluding hydrogens is 879 g/mol. The molecule has 16 heteroatoms. The van der Waals surface area contributed by atoms with E-state index >= 15 is 0 Å². The van der Waals surface area contributed by atoms with E-state index in [0.29, 0.717) is 87.9 Å². The normalized spacial score (nSPS) is 21.7. The molecule has 1 aromatic rings. The van der Waals surface area contributed by atoms with Gasteiger partial charge in [-0.15, -0.1) is 0 Å². The lowest BCUT2D eigenvalue weighted by atomic mass is 9.73. The Morgan fingerprint density at radius 1 is 0.742 bits per heavy atom. The maximum absolute atomic E-state index is 14.8. The fourth-order valence-electron chi connectivity index (χ4n) is 9.24. The van der Waals surface area contributed by atoms with Crippen molar-refractivity contribution in [1.29, 1.82) is 0 Å². The molecule has 2 atom stereocenters. The highest BCUT2D eigenvalue weighted by Gasteiger charge is 2.49. The highest BCUT2D eigenvalue weighted by atomic mass is 31.2. The Kier molecular flexibility index (Phi) is 19.0. The predicted molar refractivity (Wildman–Crippen MR) is 266 cm³/mol. The van der Waals surface area contributed by atoms with Gasteiger partial charge < -0.3 is 47.4 Å². The van der Waals surface area contributed by atoms with Crippen molar-refractivity contribution in [2.45, 2.75) is 165 Å². The van der Waals surface area contributed by atoms with Crippen LogP contribution in [0.2, 0.25) is 0 Å². The monoisotopic (exact) mass is 955 g/mol. The van der Waals surface area contributed by atoms with Gasteiger partial charge in [0.25, 0.3) is 0 Å². The van der Waals surface area contributed by atoms with Crippen molar-refractivity contribution >= 4 is 57.5 Å². The number of rotatable bonds is 24. The van der Waals surface area contributed by atoms with Gasteiger partial charge in [0.15, 0.2) is 0 Å². The number of allylic oxidation sites excluding steroid dienone is 6. The highest BCUT2D eigenvalue weighted by molar-refractivity contribution is 7.41. The molecule has 2 N–H and O–H groups in total. The summed E-state index contributed by atoms with van der Waals surface area (Å²) in [6, 6.07) is 4.47. The molecule has 5 rings (SSSR count). The lowest BCUT2D eigenvalue weighted by molar-refractivity contribution is -0.118. The Balaban J connectivity index is 1.52. The Bertz CT molecular complexity index is 2100. The van der Waals surface area contributed by atoms with Gasteiger partial charge in [-0.1, -0.05) is 27.7 Å². The molecular formula is C50H76N4O10P2. The van der Waals surface area contributed by atoms with Crippen LogP contribution in [0.5, 0.6) is 0 Å². The number of hydrogen-bond donors (Lipinski definition) is 2. The number of amides is 2. The first-order chi connectivity index (χ1) is 31.3. The van der Waals surface area contributed by atoms with E-state index in [-0.39, 0.29) is 82.3 Å². The second-order valence-corrected chi connectivity index (χ2v) is 21.2. The minimum atomic E-state index is -1.43. The summed E-state index contributed by atoms with van der Waals surface area (Å²) in [4.78, 5) is 51.6. The average Bonchev–Trinajstić information content (AvgIpc) is 3.56. The molecule has 1 fully saturated rings. The van der Waals surface area contributed by atoms with E-state index in [0.717, 1.165) is 22.5 Å². The smallest absolute Gasteiger partial charge is 0.332 e. The standard InChI is InChI=1S/C50H76N4O10P2/c1-15-59-65(60-16-2)63-25-21-19-23-43(55)51-39-29-41-37(49(11,12)33(9)53(41)31(5)6)27-35(39)45-47(57)46(48(45)58)36-28-38-42(54(32(7)8)34(10)50(38,13)14)30-40(36)52-44(56)24-20-22-26-64-66(61-17-3)62-18-4/h27-34,57H,15-26H2,1-14H3,(H,51,55)/b46-36-,52-40?. The summed E-state index contributed by atoms with van der Waals surface area (Å²) < 4.78 is 33.7. The fourth-order valence-corrected chi connectivity index (χ4v) is 11.1. The summed E-state index contributed by atoms with van der Waals surface area (Å²) in [5, 5.41) is 15.4. The van der Waals surface area contributed by atoms with Gasteiger partial charge in [0.05, 0.1) is 62.2 Å². The summed E-state index contributed by atoms with van der Waals surface area (Å²) in [7, 11) is -2.86. The van der Waals surface area contributed by atoms with Crippen molar-refractivity contribution in [3.05, 3.63) is 63.6 Å². The average molecular weight is 955 g/mol. The second kappa shape index (κ2) is 23.3. The van der Waals surface area contributed by atoms with Crippen LogP contribution in [0, 0.1) is 5.41 Å². The largest absolute Gasteiger partial charge is 0.506 e. The van der Waals surface area contributed by atoms with Crippen LogP contribution in [0.4, 0.5) is 11.4 Å². The number of aliphatic hydroxyl groups is 1. The molecule has 0 radical (unpaired) electrons. The number of ketones is 1. The Hall–Kier alpha value is -3.32. The number of fused-ring (bicyclic) bond motifs is 2. The number of likely N-dealkylation sites (tertiary alicyclic amines) is 1. The molecule has 0 spiro atoms. The molecule has 366 valence electrons. The molecule has 1 saturated heterocycles. The molecule has 0 bridgehead atoms. The molecule has 66 heavy (non-hydrogen) atoms. The summed E-state index contributed by atoms with van der Waals surface area (Å²) in [6.45, 7) is 31.9. The summed E-state index contributed by atoms with van der Waals surface area (Å²) in [5.74, 6) is -1.12. The third-order valence-electron chi connectivity index (χ3n) is 13.1. The molecule has 0 saturated carbocycles. The maximum Gasteiger partial charge on any atom is 0.332 e. The molecule has 2 aliphatic heterocycles. The third kappa shape index (κ3) is 11.6. The highest BCUT2D eigenvalue weighted by Crippen LogP contribution is 2.54. The van der Waals surface area contributed by atoms with Crippen LogP contribution >= 0.6 is 17.2 Å². The number of benzene rings is 1. The molecule has 2 aliphatic carbocycles. The maximum atomic E-state index is 14.8. The van der Waals surface area contributed by atoms with Crippen LogP contribution in [0.1, 0.15) is 147 Å². The van der Waals surface area contributed by atoms with Gasteiger partial charge in [0, 0.05) is 70.4 Å². The van der Waals surface area contributed by atoms with Gasteiger partial charge >= 0.3 is 17.2 Å². The zero-order valence-corrected chi connectivity index (χ0v) is 43.8. The van der Waals surface area contributed by atoms with Gasteiger partial charge in [-0.25, -0.2) is 4.99 Å². The zero-order chi connectivity index (χ0) is 48.7. The molecule has 0 aromatic heterocycles. The van der Waals surface area contributed by atoms with Gasteiger partial charge in [-0.2, -0.15) is 0 Å². The number of carbonyl (C=O) groups excluding carboxylic acids is 3. The molecule has 1 aromatic carbocycles. The summed E-state index contributed by atoms with van der Waals surface area (Å²) >= 11 is 0. The number of Topliss-reactive ketones (excluding diaryl/α,β-unsaturated/α-hetero) is 1. The molecule has 2 heterocycles. The molecule has 4 aliphatic rings. The first kappa shape index (κ1) is 53.6. The fraction of sp³-hybridized carbons (Fsp3) is 0.640. The minimum Gasteiger partial charge on any atom is -0.506 e. The van der Waals surface area contributed by atoms with E-state index in [4.69, 9.17) is 27.1 Å². The van der Waals surface area contributed by atoms with E-state index in [1.165, 1.54) is 0 Å². The third-order valence-corrected chi connectivity index (χ3v) is 15.8. The first-order valence-electron chi connectivity index (χ1n) is 24.0. The lowest BCUT2D eigenvalue weighted by Crippen LogP contribution is -2.42. The molecule has 2 amide bonds. The van der Waals surface area contributed by atoms with Gasteiger partial charge in [-0.3, -0.25) is 14.4 Å². The topological polar surface area (TPSA) is 158 Å². The van der Waals surface area contributed by atoms with E-state index < -0.39 is 17.2 Å². The van der Waals surface area contributed by atoms with Crippen molar-refractivity contribution in [3.63, 3.8) is 0 Å².